The number of hydrogen-bond acceptors (Lipinski definition) is 4. The number of sulfonamides is 1. The standard InChI is InChI=1S/C14H9ClIN3O2S/c15-12-7-6-10(14(16)18-12)19-22(20,21)11-5-1-3-9-4-2-8-17-13(9)11/h1-8,19H. The van der Waals surface area contributed by atoms with Gasteiger partial charge in [-0.05, 0) is 46.9 Å². The van der Waals surface area contributed by atoms with Gasteiger partial charge in [-0.25, -0.2) is 13.4 Å². The number of pyridine rings is 2. The number of para-hydroxylation sites is 1. The van der Waals surface area contributed by atoms with E-state index in [1.165, 1.54) is 12.1 Å². The second-order valence-electron chi connectivity index (χ2n) is 4.41. The number of nitrogens with zero attached hydrogens (tertiary/aromatic N) is 2. The SMILES string of the molecule is O=S(=O)(Nc1ccc(Cl)nc1I)c1cccc2cccnc12. The van der Waals surface area contributed by atoms with Crippen LogP contribution in [0.2, 0.25) is 5.15 Å². The summed E-state index contributed by atoms with van der Waals surface area (Å²) in [6.45, 7) is 0. The first-order chi connectivity index (χ1) is 10.5. The molecule has 0 bridgehead atoms. The molecule has 0 amide bonds. The molecule has 22 heavy (non-hydrogen) atoms. The van der Waals surface area contributed by atoms with Gasteiger partial charge in [0.05, 0.1) is 11.2 Å². The smallest absolute Gasteiger partial charge is 0.264 e. The highest BCUT2D eigenvalue weighted by Crippen LogP contribution is 2.25. The van der Waals surface area contributed by atoms with E-state index >= 15 is 0 Å². The highest BCUT2D eigenvalue weighted by Gasteiger charge is 2.19. The minimum atomic E-state index is -3.78. The lowest BCUT2D eigenvalue weighted by molar-refractivity contribution is 0.602. The average molecular weight is 446 g/mol. The monoisotopic (exact) mass is 445 g/mol. The van der Waals surface area contributed by atoms with Gasteiger partial charge in [-0.3, -0.25) is 9.71 Å². The fraction of sp³-hybridized carbons (Fsp3) is 0. The van der Waals surface area contributed by atoms with Crippen LogP contribution in [0.15, 0.2) is 53.6 Å². The van der Waals surface area contributed by atoms with Crippen molar-refractivity contribution >= 4 is 60.8 Å². The number of benzene rings is 1. The molecule has 0 unspecified atom stereocenters. The van der Waals surface area contributed by atoms with Crippen molar-refractivity contribution in [2.24, 2.45) is 0 Å². The summed E-state index contributed by atoms with van der Waals surface area (Å²) in [7, 11) is -3.78. The van der Waals surface area contributed by atoms with Crippen LogP contribution in [0.3, 0.4) is 0 Å². The van der Waals surface area contributed by atoms with Crippen LogP contribution in [-0.4, -0.2) is 18.4 Å². The van der Waals surface area contributed by atoms with Crippen molar-refractivity contribution in [2.75, 3.05) is 4.72 Å². The second kappa shape index (κ2) is 5.98. The Labute approximate surface area is 145 Å². The molecule has 0 aliphatic carbocycles. The Balaban J connectivity index is 2.09. The zero-order valence-corrected chi connectivity index (χ0v) is 14.7. The molecule has 112 valence electrons. The van der Waals surface area contributed by atoms with Crippen LogP contribution in [0, 0.1) is 3.70 Å². The van der Waals surface area contributed by atoms with Gasteiger partial charge in [0.25, 0.3) is 10.0 Å². The summed E-state index contributed by atoms with van der Waals surface area (Å²) in [5.74, 6) is 0. The fourth-order valence-electron chi connectivity index (χ4n) is 1.98. The van der Waals surface area contributed by atoms with Gasteiger partial charge < -0.3 is 0 Å². The lowest BCUT2D eigenvalue weighted by Gasteiger charge is -2.11. The van der Waals surface area contributed by atoms with Gasteiger partial charge in [0.1, 0.15) is 13.7 Å². The quantitative estimate of drug-likeness (QED) is 0.493. The number of halogens is 2. The third-order valence-electron chi connectivity index (χ3n) is 2.94. The molecule has 1 aromatic carbocycles. The molecule has 0 aliphatic rings. The first kappa shape index (κ1) is 15.4. The summed E-state index contributed by atoms with van der Waals surface area (Å²) in [5.41, 5.74) is 0.798. The van der Waals surface area contributed by atoms with Gasteiger partial charge in [0.15, 0.2) is 0 Å². The van der Waals surface area contributed by atoms with Gasteiger partial charge >= 0.3 is 0 Å². The first-order valence-electron chi connectivity index (χ1n) is 6.16. The Morgan fingerprint density at radius 1 is 1.09 bits per heavy atom. The number of anilines is 1. The van der Waals surface area contributed by atoms with Crippen LogP contribution >= 0.6 is 34.2 Å². The predicted octanol–water partition coefficient (Wildman–Crippen LogP) is 3.69. The van der Waals surface area contributed by atoms with Crippen LogP contribution < -0.4 is 4.72 Å². The van der Waals surface area contributed by atoms with E-state index in [9.17, 15) is 8.42 Å². The van der Waals surface area contributed by atoms with E-state index < -0.39 is 10.0 Å². The molecule has 8 heteroatoms. The summed E-state index contributed by atoms with van der Waals surface area (Å²) in [6, 6.07) is 11.7. The molecule has 0 saturated heterocycles. The molecular weight excluding hydrogens is 437 g/mol. The third kappa shape index (κ3) is 3.01. The zero-order valence-electron chi connectivity index (χ0n) is 11.0. The maximum absolute atomic E-state index is 12.6. The van der Waals surface area contributed by atoms with Crippen molar-refractivity contribution in [1.82, 2.24) is 9.97 Å². The normalized spacial score (nSPS) is 11.5. The summed E-state index contributed by atoms with van der Waals surface area (Å²) in [5, 5.41) is 1.06. The molecule has 0 fully saturated rings. The highest BCUT2D eigenvalue weighted by atomic mass is 127. The Morgan fingerprint density at radius 3 is 2.64 bits per heavy atom. The van der Waals surface area contributed by atoms with Crippen LogP contribution in [0.1, 0.15) is 0 Å². The zero-order chi connectivity index (χ0) is 15.7. The first-order valence-corrected chi connectivity index (χ1v) is 9.10. The molecule has 5 nitrogen and oxygen atoms in total. The molecule has 3 rings (SSSR count). The molecule has 2 heterocycles. The van der Waals surface area contributed by atoms with Crippen LogP contribution in [-0.2, 0) is 10.0 Å². The molecule has 0 atom stereocenters. The molecule has 3 aromatic rings. The summed E-state index contributed by atoms with van der Waals surface area (Å²) < 4.78 is 28.3. The Hall–Kier alpha value is -1.45. The number of aromatic nitrogens is 2. The van der Waals surface area contributed by atoms with Crippen molar-refractivity contribution in [3.63, 3.8) is 0 Å². The summed E-state index contributed by atoms with van der Waals surface area (Å²) in [4.78, 5) is 8.31. The van der Waals surface area contributed by atoms with E-state index in [1.54, 1.807) is 24.4 Å². The van der Waals surface area contributed by atoms with Gasteiger partial charge in [0, 0.05) is 11.6 Å². The van der Waals surface area contributed by atoms with Crippen molar-refractivity contribution < 1.29 is 8.42 Å². The molecule has 0 saturated carbocycles. The molecule has 0 spiro atoms. The van der Waals surface area contributed by atoms with Crippen LogP contribution in [0.4, 0.5) is 5.69 Å². The second-order valence-corrected chi connectivity index (χ2v) is 7.47. The van der Waals surface area contributed by atoms with Crippen molar-refractivity contribution in [3.8, 4) is 0 Å². The van der Waals surface area contributed by atoms with E-state index in [0.717, 1.165) is 5.39 Å². The van der Waals surface area contributed by atoms with Gasteiger partial charge in [-0.1, -0.05) is 29.8 Å². The number of fused-ring (bicyclic) bond motifs is 1. The van der Waals surface area contributed by atoms with Gasteiger partial charge in [-0.2, -0.15) is 0 Å². The Kier molecular flexibility index (Phi) is 4.20. The summed E-state index contributed by atoms with van der Waals surface area (Å²) in [6.07, 6.45) is 1.56. The van der Waals surface area contributed by atoms with Crippen molar-refractivity contribution in [1.29, 1.82) is 0 Å². The third-order valence-corrected chi connectivity index (χ3v) is 5.37. The van der Waals surface area contributed by atoms with Crippen molar-refractivity contribution in [3.05, 3.63) is 57.5 Å². The predicted molar refractivity (Wildman–Crippen MR) is 94.5 cm³/mol. The van der Waals surface area contributed by atoms with E-state index in [1.807, 2.05) is 34.7 Å². The number of hydrogen-bond donors (Lipinski definition) is 1. The average Bonchev–Trinajstić information content (AvgIpc) is 2.49. The maximum atomic E-state index is 12.6. The highest BCUT2D eigenvalue weighted by molar-refractivity contribution is 14.1. The minimum Gasteiger partial charge on any atom is -0.277 e. The largest absolute Gasteiger partial charge is 0.277 e. The van der Waals surface area contributed by atoms with Gasteiger partial charge in [0.2, 0.25) is 0 Å². The van der Waals surface area contributed by atoms with Crippen LogP contribution in [0.5, 0.6) is 0 Å². The topological polar surface area (TPSA) is 72.0 Å². The Morgan fingerprint density at radius 2 is 1.86 bits per heavy atom. The van der Waals surface area contributed by atoms with E-state index in [0.29, 0.717) is 20.1 Å². The van der Waals surface area contributed by atoms with Crippen molar-refractivity contribution in [2.45, 2.75) is 4.90 Å². The van der Waals surface area contributed by atoms with E-state index in [4.69, 9.17) is 11.6 Å². The minimum absolute atomic E-state index is 0.122. The Bertz CT molecular complexity index is 958. The maximum Gasteiger partial charge on any atom is 0.264 e. The van der Waals surface area contributed by atoms with Crippen LogP contribution in [0.25, 0.3) is 10.9 Å². The fourth-order valence-corrected chi connectivity index (χ4v) is 4.28. The van der Waals surface area contributed by atoms with E-state index in [-0.39, 0.29) is 4.90 Å². The molecular formula is C14H9ClIN3O2S. The van der Waals surface area contributed by atoms with E-state index in [2.05, 4.69) is 14.7 Å². The lowest BCUT2D eigenvalue weighted by atomic mass is 10.2. The van der Waals surface area contributed by atoms with Gasteiger partial charge in [-0.15, -0.1) is 0 Å². The number of rotatable bonds is 3. The lowest BCUT2D eigenvalue weighted by Crippen LogP contribution is -2.15. The number of nitrogens with one attached hydrogen (secondary N) is 1. The molecule has 2 aromatic heterocycles. The molecule has 0 radical (unpaired) electrons. The molecule has 0 aliphatic heterocycles. The molecule has 1 N–H and O–H groups in total. The summed E-state index contributed by atoms with van der Waals surface area (Å²) >= 11 is 7.71.